The molecule has 1 aromatic rings. The lowest BCUT2D eigenvalue weighted by molar-refractivity contribution is -0.122. The normalized spacial score (nSPS) is 28.9. The summed E-state index contributed by atoms with van der Waals surface area (Å²) < 4.78 is 1.87. The van der Waals surface area contributed by atoms with Gasteiger partial charge in [-0.2, -0.15) is 5.10 Å². The third-order valence-corrected chi connectivity index (χ3v) is 3.29. The van der Waals surface area contributed by atoms with Crippen molar-refractivity contribution < 1.29 is 4.79 Å². The van der Waals surface area contributed by atoms with Crippen LogP contribution in [0.2, 0.25) is 0 Å². The average molecular weight is 205 g/mol. The highest BCUT2D eigenvalue weighted by atomic mass is 16.2. The number of nitrogens with one attached hydrogen (secondary N) is 1. The molecule has 0 spiro atoms. The molecule has 1 heterocycles. The van der Waals surface area contributed by atoms with Crippen molar-refractivity contribution in [1.82, 2.24) is 15.1 Å². The lowest BCUT2D eigenvalue weighted by Gasteiger charge is -2.02. The largest absolute Gasteiger partial charge is 0.353 e. The van der Waals surface area contributed by atoms with Crippen molar-refractivity contribution >= 4 is 5.91 Å². The number of hydrogen-bond acceptors (Lipinski definition) is 2. The van der Waals surface area contributed by atoms with Gasteiger partial charge in [-0.25, -0.2) is 0 Å². The third kappa shape index (κ3) is 1.64. The first-order valence-corrected chi connectivity index (χ1v) is 5.54. The van der Waals surface area contributed by atoms with Crippen LogP contribution in [0.3, 0.4) is 0 Å². The Morgan fingerprint density at radius 1 is 1.60 bits per heavy atom. The number of carbonyl (C=O) groups is 1. The number of aromatic nitrogens is 2. The second kappa shape index (κ2) is 3.08. The zero-order chi connectivity index (χ0) is 10.4. The van der Waals surface area contributed by atoms with Gasteiger partial charge in [0.15, 0.2) is 0 Å². The van der Waals surface area contributed by atoms with Crippen LogP contribution in [0.5, 0.6) is 0 Å². The Kier molecular flexibility index (Phi) is 1.84. The van der Waals surface area contributed by atoms with Gasteiger partial charge in [-0.3, -0.25) is 9.48 Å². The molecule has 2 aliphatic carbocycles. The number of aryl methyl sites for hydroxylation is 1. The van der Waals surface area contributed by atoms with Gasteiger partial charge in [0.25, 0.3) is 0 Å². The van der Waals surface area contributed by atoms with E-state index < -0.39 is 0 Å². The molecule has 80 valence electrons. The van der Waals surface area contributed by atoms with E-state index in [1.165, 1.54) is 5.69 Å². The minimum absolute atomic E-state index is 0.195. The van der Waals surface area contributed by atoms with Gasteiger partial charge in [0.1, 0.15) is 0 Å². The maximum absolute atomic E-state index is 11.7. The molecule has 3 rings (SSSR count). The molecular weight excluding hydrogens is 190 g/mol. The Bertz CT molecular complexity index is 394. The fourth-order valence-electron chi connectivity index (χ4n) is 2.10. The van der Waals surface area contributed by atoms with Crippen LogP contribution in [-0.2, 0) is 11.8 Å². The van der Waals surface area contributed by atoms with Crippen LogP contribution < -0.4 is 5.32 Å². The molecule has 1 amide bonds. The second-order valence-electron chi connectivity index (χ2n) is 4.61. The molecule has 1 N–H and O–H groups in total. The number of hydrogen-bond donors (Lipinski definition) is 1. The molecule has 0 bridgehead atoms. The number of amides is 1. The first kappa shape index (κ1) is 8.95. The standard InChI is InChI=1S/C11H15N3O/c1-14-10(4-5-12-14)8-6-9(8)11(15)13-7-2-3-7/h4-5,7-9H,2-3,6H2,1H3,(H,13,15). The second-order valence-corrected chi connectivity index (χ2v) is 4.61. The smallest absolute Gasteiger partial charge is 0.224 e. The molecule has 2 saturated carbocycles. The maximum atomic E-state index is 11.7. The van der Waals surface area contributed by atoms with Crippen molar-refractivity contribution in [2.24, 2.45) is 13.0 Å². The van der Waals surface area contributed by atoms with E-state index in [0.717, 1.165) is 19.3 Å². The van der Waals surface area contributed by atoms with E-state index in [4.69, 9.17) is 0 Å². The summed E-state index contributed by atoms with van der Waals surface area (Å²) in [7, 11) is 1.93. The lowest BCUT2D eigenvalue weighted by Crippen LogP contribution is -2.27. The van der Waals surface area contributed by atoms with Crippen molar-refractivity contribution in [3.8, 4) is 0 Å². The van der Waals surface area contributed by atoms with Crippen LogP contribution in [0.15, 0.2) is 12.3 Å². The first-order chi connectivity index (χ1) is 7.25. The van der Waals surface area contributed by atoms with Crippen molar-refractivity contribution in [2.75, 3.05) is 0 Å². The number of carbonyl (C=O) groups excluding carboxylic acids is 1. The number of nitrogens with zero attached hydrogens (tertiary/aromatic N) is 2. The molecule has 2 unspecified atom stereocenters. The third-order valence-electron chi connectivity index (χ3n) is 3.29. The van der Waals surface area contributed by atoms with Crippen molar-refractivity contribution in [3.63, 3.8) is 0 Å². The Balaban J connectivity index is 1.63. The van der Waals surface area contributed by atoms with Gasteiger partial charge in [0.2, 0.25) is 5.91 Å². The van der Waals surface area contributed by atoms with E-state index in [2.05, 4.69) is 10.4 Å². The van der Waals surface area contributed by atoms with Crippen LogP contribution in [0, 0.1) is 5.92 Å². The minimum Gasteiger partial charge on any atom is -0.353 e. The SMILES string of the molecule is Cn1nccc1C1CC1C(=O)NC1CC1. The lowest BCUT2D eigenvalue weighted by atomic mass is 10.2. The average Bonchev–Trinajstić information content (AvgIpc) is 3.08. The topological polar surface area (TPSA) is 46.9 Å². The van der Waals surface area contributed by atoms with Crippen molar-refractivity contribution in [1.29, 1.82) is 0 Å². The summed E-state index contributed by atoms with van der Waals surface area (Å²) in [5.41, 5.74) is 1.19. The Hall–Kier alpha value is -1.32. The maximum Gasteiger partial charge on any atom is 0.224 e. The van der Waals surface area contributed by atoms with Gasteiger partial charge in [-0.15, -0.1) is 0 Å². The summed E-state index contributed by atoms with van der Waals surface area (Å²) in [5, 5.41) is 7.19. The monoisotopic (exact) mass is 205 g/mol. The molecule has 0 aliphatic heterocycles. The summed E-state index contributed by atoms with van der Waals surface area (Å²) in [5.74, 6) is 0.834. The highest BCUT2D eigenvalue weighted by Crippen LogP contribution is 2.47. The molecule has 2 atom stereocenters. The molecule has 2 aliphatic rings. The van der Waals surface area contributed by atoms with Crippen LogP contribution in [0.4, 0.5) is 0 Å². The van der Waals surface area contributed by atoms with E-state index in [0.29, 0.717) is 12.0 Å². The molecule has 0 saturated heterocycles. The van der Waals surface area contributed by atoms with E-state index in [9.17, 15) is 4.79 Å². The van der Waals surface area contributed by atoms with Crippen LogP contribution in [-0.4, -0.2) is 21.7 Å². The van der Waals surface area contributed by atoms with Gasteiger partial charge in [0.05, 0.1) is 0 Å². The van der Waals surface area contributed by atoms with E-state index in [1.807, 2.05) is 17.8 Å². The van der Waals surface area contributed by atoms with Gasteiger partial charge in [0, 0.05) is 36.8 Å². The molecule has 2 fully saturated rings. The van der Waals surface area contributed by atoms with Gasteiger partial charge in [-0.1, -0.05) is 0 Å². The Labute approximate surface area is 88.7 Å². The summed E-state index contributed by atoms with van der Waals surface area (Å²) in [6.45, 7) is 0. The van der Waals surface area contributed by atoms with E-state index >= 15 is 0 Å². The van der Waals surface area contributed by atoms with Crippen LogP contribution >= 0.6 is 0 Å². The molecule has 0 aromatic carbocycles. The number of rotatable bonds is 3. The minimum atomic E-state index is 0.195. The Morgan fingerprint density at radius 2 is 2.40 bits per heavy atom. The molecule has 0 radical (unpaired) electrons. The Morgan fingerprint density at radius 3 is 3.00 bits per heavy atom. The highest BCUT2D eigenvalue weighted by Gasteiger charge is 2.46. The fourth-order valence-corrected chi connectivity index (χ4v) is 2.10. The van der Waals surface area contributed by atoms with Crippen molar-refractivity contribution in [3.05, 3.63) is 18.0 Å². The van der Waals surface area contributed by atoms with Gasteiger partial charge in [-0.05, 0) is 25.3 Å². The van der Waals surface area contributed by atoms with Crippen molar-refractivity contribution in [2.45, 2.75) is 31.2 Å². The first-order valence-electron chi connectivity index (χ1n) is 5.54. The molecule has 4 heteroatoms. The molecular formula is C11H15N3O. The fraction of sp³-hybridized carbons (Fsp3) is 0.636. The molecule has 15 heavy (non-hydrogen) atoms. The summed E-state index contributed by atoms with van der Waals surface area (Å²) in [6.07, 6.45) is 5.10. The zero-order valence-corrected chi connectivity index (χ0v) is 8.81. The summed E-state index contributed by atoms with van der Waals surface area (Å²) in [6, 6.07) is 2.49. The highest BCUT2D eigenvalue weighted by molar-refractivity contribution is 5.83. The van der Waals surface area contributed by atoms with E-state index in [1.54, 1.807) is 6.20 Å². The molecule has 4 nitrogen and oxygen atoms in total. The van der Waals surface area contributed by atoms with Gasteiger partial charge >= 0.3 is 0 Å². The summed E-state index contributed by atoms with van der Waals surface area (Å²) in [4.78, 5) is 11.7. The van der Waals surface area contributed by atoms with E-state index in [-0.39, 0.29) is 11.8 Å². The summed E-state index contributed by atoms with van der Waals surface area (Å²) >= 11 is 0. The van der Waals surface area contributed by atoms with Gasteiger partial charge < -0.3 is 5.32 Å². The van der Waals surface area contributed by atoms with Crippen LogP contribution in [0.1, 0.15) is 30.9 Å². The predicted octanol–water partition coefficient (Wildman–Crippen LogP) is 0.802. The van der Waals surface area contributed by atoms with Crippen LogP contribution in [0.25, 0.3) is 0 Å². The predicted molar refractivity (Wildman–Crippen MR) is 55.2 cm³/mol. The molecule has 1 aromatic heterocycles. The zero-order valence-electron chi connectivity index (χ0n) is 8.81. The quantitative estimate of drug-likeness (QED) is 0.793.